The van der Waals surface area contributed by atoms with E-state index in [-0.39, 0.29) is 57.2 Å². The zero-order valence-corrected chi connectivity index (χ0v) is 18.6. The number of nitrogens with one attached hydrogen (secondary N) is 2. The SMILES string of the molecule is C=CCO/N=C(\C(=O)NC1C(=O)N(S(=O)(=O)O)C1C(=O)OC)c1csc(NC(=O)CCl)n1.[NaH]. The van der Waals surface area contributed by atoms with Crippen LogP contribution < -0.4 is 10.6 Å². The van der Waals surface area contributed by atoms with Gasteiger partial charge in [0, 0.05) is 5.38 Å². The van der Waals surface area contributed by atoms with Crippen molar-refractivity contribution in [2.24, 2.45) is 5.16 Å². The number of oxime groups is 1. The van der Waals surface area contributed by atoms with E-state index in [1.807, 2.05) is 0 Å². The molecule has 14 nitrogen and oxygen atoms in total. The number of thiazole rings is 1. The van der Waals surface area contributed by atoms with Gasteiger partial charge < -0.3 is 20.2 Å². The summed E-state index contributed by atoms with van der Waals surface area (Å²) in [4.78, 5) is 57.1. The molecule has 2 unspecified atom stereocenters. The number of alkyl halides is 1. The zero-order chi connectivity index (χ0) is 24.1. The van der Waals surface area contributed by atoms with Gasteiger partial charge in [-0.15, -0.1) is 22.9 Å². The van der Waals surface area contributed by atoms with Crippen LogP contribution in [0.25, 0.3) is 0 Å². The molecule has 1 aromatic rings. The summed E-state index contributed by atoms with van der Waals surface area (Å²) in [5, 5.41) is 9.55. The van der Waals surface area contributed by atoms with Gasteiger partial charge in [-0.3, -0.25) is 18.9 Å². The molecule has 3 N–H and O–H groups in total. The normalized spacial score (nSPS) is 17.8. The first kappa shape index (κ1) is 29.0. The van der Waals surface area contributed by atoms with E-state index in [1.54, 1.807) is 0 Å². The van der Waals surface area contributed by atoms with Crippen molar-refractivity contribution in [3.05, 3.63) is 23.7 Å². The van der Waals surface area contributed by atoms with Gasteiger partial charge in [-0.05, 0) is 0 Å². The van der Waals surface area contributed by atoms with Crippen LogP contribution in [0.15, 0.2) is 23.2 Å². The van der Waals surface area contributed by atoms with E-state index in [4.69, 9.17) is 21.0 Å². The Hall–Kier alpha value is -2.08. The van der Waals surface area contributed by atoms with Crippen molar-refractivity contribution >= 4 is 97.3 Å². The Morgan fingerprint density at radius 1 is 1.45 bits per heavy atom. The van der Waals surface area contributed by atoms with Crippen LogP contribution in [0.2, 0.25) is 0 Å². The maximum absolute atomic E-state index is 12.8. The average Bonchev–Trinajstić information content (AvgIpc) is 3.19. The van der Waals surface area contributed by atoms with Crippen LogP contribution in [0.4, 0.5) is 5.13 Å². The number of esters is 1. The molecule has 33 heavy (non-hydrogen) atoms. The molecule has 3 amide bonds. The number of hydrogen-bond donors (Lipinski definition) is 3. The molecule has 1 saturated heterocycles. The van der Waals surface area contributed by atoms with Crippen molar-refractivity contribution in [2.45, 2.75) is 12.1 Å². The monoisotopic (exact) mass is 533 g/mol. The number of aromatic nitrogens is 1. The minimum atomic E-state index is -5.09. The van der Waals surface area contributed by atoms with E-state index in [1.165, 1.54) is 11.5 Å². The maximum atomic E-state index is 12.8. The molecule has 1 aliphatic heterocycles. The van der Waals surface area contributed by atoms with Gasteiger partial charge in [0.05, 0.1) is 7.11 Å². The van der Waals surface area contributed by atoms with Gasteiger partial charge in [0.25, 0.3) is 11.8 Å². The summed E-state index contributed by atoms with van der Waals surface area (Å²) in [7, 11) is -4.16. The molecule has 0 spiro atoms. The Morgan fingerprint density at radius 3 is 2.67 bits per heavy atom. The van der Waals surface area contributed by atoms with E-state index in [0.717, 1.165) is 18.4 Å². The van der Waals surface area contributed by atoms with Crippen molar-refractivity contribution in [2.75, 3.05) is 24.9 Å². The number of ether oxygens (including phenoxy) is 1. The van der Waals surface area contributed by atoms with Crippen LogP contribution in [-0.4, -0.2) is 113 Å². The minimum absolute atomic E-state index is 0. The number of carbonyl (C=O) groups excluding carboxylic acids is 4. The van der Waals surface area contributed by atoms with Crippen LogP contribution >= 0.6 is 22.9 Å². The van der Waals surface area contributed by atoms with Gasteiger partial charge in [0.1, 0.15) is 24.2 Å². The quantitative estimate of drug-likeness (QED) is 0.0357. The van der Waals surface area contributed by atoms with Crippen molar-refractivity contribution < 1.29 is 41.7 Å². The Morgan fingerprint density at radius 2 is 2.12 bits per heavy atom. The third-order valence-electron chi connectivity index (χ3n) is 3.71. The van der Waals surface area contributed by atoms with Crippen LogP contribution in [0, 0.1) is 0 Å². The van der Waals surface area contributed by atoms with E-state index < -0.39 is 51.8 Å². The summed E-state index contributed by atoms with van der Waals surface area (Å²) in [6.07, 6.45) is 1.33. The molecule has 18 heteroatoms. The molecule has 0 radical (unpaired) electrons. The van der Waals surface area contributed by atoms with Gasteiger partial charge >= 0.3 is 45.8 Å². The first-order chi connectivity index (χ1) is 15.0. The Labute approximate surface area is 218 Å². The van der Waals surface area contributed by atoms with E-state index in [9.17, 15) is 27.6 Å². The van der Waals surface area contributed by atoms with Gasteiger partial charge in [0.15, 0.2) is 16.9 Å². The topological polar surface area (TPSA) is 194 Å². The molecular weight excluding hydrogens is 517 g/mol. The molecule has 2 rings (SSSR count). The molecule has 0 aliphatic carbocycles. The summed E-state index contributed by atoms with van der Waals surface area (Å²) >= 11 is 6.34. The molecule has 176 valence electrons. The third-order valence-corrected chi connectivity index (χ3v) is 5.61. The number of halogens is 1. The van der Waals surface area contributed by atoms with Gasteiger partial charge in [-0.25, -0.2) is 9.78 Å². The van der Waals surface area contributed by atoms with E-state index in [2.05, 4.69) is 32.1 Å². The standard InChI is InChI=1S/C15H16ClN5O9S2.Na.H/c1-3-4-30-20-9(7-6-31-15(17-7)18-8(22)5-16)12(23)19-10-11(14(25)29-2)21(13(10)24)32(26,27)28;;/h3,6,10-11H,1,4-5H2,2H3,(H,19,23)(H,17,18,22)(H,26,27,28);;/b20-9-;;. The fraction of sp³-hybridized carbons (Fsp3) is 0.333. The van der Waals surface area contributed by atoms with Crippen LogP contribution in [0.5, 0.6) is 0 Å². The average molecular weight is 534 g/mol. The number of nitrogens with zero attached hydrogens (tertiary/aromatic N) is 3. The molecule has 0 aromatic carbocycles. The van der Waals surface area contributed by atoms with Crippen LogP contribution in [-0.2, 0) is 39.1 Å². The summed E-state index contributed by atoms with van der Waals surface area (Å²) in [5.41, 5.74) is -0.536. The third kappa shape index (κ3) is 6.95. The van der Waals surface area contributed by atoms with Gasteiger partial charge in [-0.2, -0.15) is 12.7 Å². The Kier molecular flexibility index (Phi) is 10.9. The predicted octanol–water partition coefficient (Wildman–Crippen LogP) is -1.75. The number of rotatable bonds is 10. The van der Waals surface area contributed by atoms with Crippen molar-refractivity contribution in [1.82, 2.24) is 14.6 Å². The first-order valence-corrected chi connectivity index (χ1v) is 11.2. The summed E-state index contributed by atoms with van der Waals surface area (Å²) in [5.74, 6) is -4.44. The van der Waals surface area contributed by atoms with E-state index >= 15 is 0 Å². The molecular formula is C15H17ClN5NaO9S2. The molecule has 0 saturated carbocycles. The van der Waals surface area contributed by atoms with Crippen molar-refractivity contribution in [1.29, 1.82) is 0 Å². The molecule has 0 bridgehead atoms. The van der Waals surface area contributed by atoms with Gasteiger partial charge in [0.2, 0.25) is 5.91 Å². The summed E-state index contributed by atoms with van der Waals surface area (Å²) in [6, 6.07) is -3.52. The molecule has 1 fully saturated rings. The molecule has 2 heterocycles. The fourth-order valence-corrected chi connectivity index (χ4v) is 3.99. The first-order valence-electron chi connectivity index (χ1n) is 8.37. The van der Waals surface area contributed by atoms with Crippen LogP contribution in [0.1, 0.15) is 5.69 Å². The van der Waals surface area contributed by atoms with Crippen molar-refractivity contribution in [3.8, 4) is 0 Å². The van der Waals surface area contributed by atoms with Crippen LogP contribution in [0.3, 0.4) is 0 Å². The second-order valence-corrected chi connectivity index (χ2v) is 8.19. The molecule has 1 aliphatic rings. The summed E-state index contributed by atoms with van der Waals surface area (Å²) < 4.78 is 36.2. The fourth-order valence-electron chi connectivity index (χ4n) is 2.37. The molecule has 2 atom stereocenters. The number of anilines is 1. The summed E-state index contributed by atoms with van der Waals surface area (Å²) in [6.45, 7) is 3.32. The van der Waals surface area contributed by atoms with E-state index in [0.29, 0.717) is 0 Å². The van der Waals surface area contributed by atoms with Gasteiger partial charge in [-0.1, -0.05) is 17.8 Å². The second-order valence-electron chi connectivity index (χ2n) is 5.78. The van der Waals surface area contributed by atoms with Crippen molar-refractivity contribution in [3.63, 3.8) is 0 Å². The number of carbonyl (C=O) groups is 4. The second kappa shape index (κ2) is 12.4. The molecule has 1 aromatic heterocycles. The predicted molar refractivity (Wildman–Crippen MR) is 117 cm³/mol. The number of methoxy groups -OCH3 is 1. The number of β-lactam (4-membered cyclic amide) rings is 1. The zero-order valence-electron chi connectivity index (χ0n) is 16.2. The Balaban J connectivity index is 0.00000544. The Bertz CT molecular complexity index is 1080. The number of amides is 3. The number of hydrogen-bond acceptors (Lipinski definition) is 11.